The normalized spacial score (nSPS) is 12.1. The number of benzene rings is 1. The molecule has 0 aliphatic heterocycles. The van der Waals surface area contributed by atoms with Crippen LogP contribution in [0.15, 0.2) is 24.3 Å². The number of halogens is 1. The lowest BCUT2D eigenvalue weighted by Gasteiger charge is -2.06. The van der Waals surface area contributed by atoms with Crippen LogP contribution < -0.4 is 10.6 Å². The van der Waals surface area contributed by atoms with Crippen molar-refractivity contribution in [3.8, 4) is 0 Å². The topological polar surface area (TPSA) is 58.2 Å². The predicted octanol–water partition coefficient (Wildman–Crippen LogP) is 1.12. The van der Waals surface area contributed by atoms with Crippen molar-refractivity contribution >= 4 is 22.4 Å². The molecule has 1 atom stereocenters. The molecule has 1 amide bonds. The summed E-state index contributed by atoms with van der Waals surface area (Å²) in [6, 6.07) is 5.60. The maximum Gasteiger partial charge on any atom is 0.238 e. The summed E-state index contributed by atoms with van der Waals surface area (Å²) >= 11 is 0. The number of amides is 1. The van der Waals surface area contributed by atoms with Gasteiger partial charge in [0.05, 0.1) is 6.54 Å². The molecule has 0 bridgehead atoms. The van der Waals surface area contributed by atoms with E-state index < -0.39 is 10.8 Å². The second kappa shape index (κ2) is 7.94. The van der Waals surface area contributed by atoms with E-state index >= 15 is 0 Å². The molecule has 1 aromatic rings. The highest BCUT2D eigenvalue weighted by Crippen LogP contribution is 2.07. The zero-order valence-electron chi connectivity index (χ0n) is 10.2. The first kappa shape index (κ1) is 14.8. The van der Waals surface area contributed by atoms with Gasteiger partial charge in [-0.25, -0.2) is 4.39 Å². The molecule has 0 saturated heterocycles. The molecule has 0 fully saturated rings. The van der Waals surface area contributed by atoms with E-state index in [1.54, 1.807) is 6.26 Å². The van der Waals surface area contributed by atoms with Gasteiger partial charge in [0.15, 0.2) is 0 Å². The molecule has 4 nitrogen and oxygen atoms in total. The van der Waals surface area contributed by atoms with Crippen molar-refractivity contribution in [3.05, 3.63) is 30.1 Å². The van der Waals surface area contributed by atoms with Gasteiger partial charge in [-0.3, -0.25) is 9.00 Å². The van der Waals surface area contributed by atoms with Gasteiger partial charge in [-0.1, -0.05) is 0 Å². The molecular weight excluding hydrogens is 255 g/mol. The molecule has 0 heterocycles. The highest BCUT2D eigenvalue weighted by atomic mass is 32.2. The summed E-state index contributed by atoms with van der Waals surface area (Å²) < 4.78 is 23.4. The fourth-order valence-electron chi connectivity index (χ4n) is 1.34. The van der Waals surface area contributed by atoms with Crippen molar-refractivity contribution in [2.24, 2.45) is 0 Å². The average molecular weight is 272 g/mol. The van der Waals surface area contributed by atoms with E-state index in [-0.39, 0.29) is 18.3 Å². The lowest BCUT2D eigenvalue weighted by atomic mass is 10.3. The van der Waals surface area contributed by atoms with Crippen LogP contribution in [0.1, 0.15) is 6.42 Å². The monoisotopic (exact) mass is 272 g/mol. The third-order valence-electron chi connectivity index (χ3n) is 2.20. The van der Waals surface area contributed by atoms with Crippen LogP contribution in [0.4, 0.5) is 10.1 Å². The van der Waals surface area contributed by atoms with Crippen molar-refractivity contribution < 1.29 is 13.4 Å². The van der Waals surface area contributed by atoms with E-state index in [1.807, 2.05) is 0 Å². The molecule has 0 aliphatic rings. The Morgan fingerprint density at radius 2 is 2.00 bits per heavy atom. The van der Waals surface area contributed by atoms with Crippen LogP contribution in [0, 0.1) is 5.82 Å². The summed E-state index contributed by atoms with van der Waals surface area (Å²) in [5, 5.41) is 5.59. The summed E-state index contributed by atoms with van der Waals surface area (Å²) in [5.41, 5.74) is 0.567. The molecule has 0 aliphatic carbocycles. The van der Waals surface area contributed by atoms with Crippen LogP contribution >= 0.6 is 0 Å². The minimum absolute atomic E-state index is 0.181. The van der Waals surface area contributed by atoms with Gasteiger partial charge in [0.1, 0.15) is 5.82 Å². The highest BCUT2D eigenvalue weighted by Gasteiger charge is 2.01. The van der Waals surface area contributed by atoms with E-state index in [0.717, 1.165) is 6.42 Å². The van der Waals surface area contributed by atoms with Crippen LogP contribution in [-0.2, 0) is 15.6 Å². The molecule has 1 unspecified atom stereocenters. The molecule has 2 N–H and O–H groups in total. The standard InChI is InChI=1S/C12H17FN2O2S/c1-18(17)8-2-7-14-9-12(16)15-11-5-3-10(13)4-6-11/h3-6,14H,2,7-9H2,1H3,(H,15,16). The van der Waals surface area contributed by atoms with Gasteiger partial charge in [-0.05, 0) is 37.2 Å². The van der Waals surface area contributed by atoms with Gasteiger partial charge >= 0.3 is 0 Å². The zero-order chi connectivity index (χ0) is 13.4. The van der Waals surface area contributed by atoms with Gasteiger partial charge in [-0.2, -0.15) is 0 Å². The van der Waals surface area contributed by atoms with Crippen molar-refractivity contribution in [1.29, 1.82) is 0 Å². The van der Waals surface area contributed by atoms with Crippen molar-refractivity contribution in [3.63, 3.8) is 0 Å². The summed E-state index contributed by atoms with van der Waals surface area (Å²) in [5.74, 6) is 0.116. The van der Waals surface area contributed by atoms with Crippen LogP contribution in [0.25, 0.3) is 0 Å². The second-order valence-electron chi connectivity index (χ2n) is 3.86. The Morgan fingerprint density at radius 1 is 1.33 bits per heavy atom. The quantitative estimate of drug-likeness (QED) is 0.731. The van der Waals surface area contributed by atoms with Crippen LogP contribution in [0.3, 0.4) is 0 Å². The predicted molar refractivity (Wildman–Crippen MR) is 71.4 cm³/mol. The Hall–Kier alpha value is -1.27. The second-order valence-corrected chi connectivity index (χ2v) is 5.42. The SMILES string of the molecule is CS(=O)CCCNCC(=O)Nc1ccc(F)cc1. The number of rotatable bonds is 7. The largest absolute Gasteiger partial charge is 0.325 e. The Morgan fingerprint density at radius 3 is 2.61 bits per heavy atom. The Kier molecular flexibility index (Phi) is 6.53. The highest BCUT2D eigenvalue weighted by molar-refractivity contribution is 7.84. The maximum atomic E-state index is 12.6. The van der Waals surface area contributed by atoms with Gasteiger partial charge in [0, 0.05) is 28.5 Å². The Labute approximate surface area is 108 Å². The van der Waals surface area contributed by atoms with Crippen LogP contribution in [0.5, 0.6) is 0 Å². The van der Waals surface area contributed by atoms with Gasteiger partial charge in [0.25, 0.3) is 0 Å². The van der Waals surface area contributed by atoms with E-state index in [1.165, 1.54) is 24.3 Å². The molecule has 0 spiro atoms. The molecular formula is C12H17FN2O2S. The molecule has 18 heavy (non-hydrogen) atoms. The fraction of sp³-hybridized carbons (Fsp3) is 0.417. The number of carbonyl (C=O) groups excluding carboxylic acids is 1. The minimum atomic E-state index is -0.790. The molecule has 0 saturated carbocycles. The Bertz CT molecular complexity index is 409. The Balaban J connectivity index is 2.17. The number of hydrogen-bond donors (Lipinski definition) is 2. The summed E-state index contributed by atoms with van der Waals surface area (Å²) in [6.07, 6.45) is 2.42. The first-order valence-corrected chi connectivity index (χ1v) is 7.37. The van der Waals surface area contributed by atoms with Gasteiger partial charge in [-0.15, -0.1) is 0 Å². The summed E-state index contributed by atoms with van der Waals surface area (Å²) in [7, 11) is -0.790. The summed E-state index contributed by atoms with van der Waals surface area (Å²) in [6.45, 7) is 0.837. The minimum Gasteiger partial charge on any atom is -0.325 e. The number of anilines is 1. The maximum absolute atomic E-state index is 12.6. The molecule has 100 valence electrons. The fourth-order valence-corrected chi connectivity index (χ4v) is 1.89. The first-order chi connectivity index (χ1) is 8.58. The van der Waals surface area contributed by atoms with Crippen LogP contribution in [0.2, 0.25) is 0 Å². The molecule has 0 aromatic heterocycles. The third kappa shape index (κ3) is 6.46. The molecule has 0 radical (unpaired) electrons. The lowest BCUT2D eigenvalue weighted by molar-refractivity contribution is -0.115. The van der Waals surface area contributed by atoms with E-state index in [4.69, 9.17) is 0 Å². The van der Waals surface area contributed by atoms with Gasteiger partial charge in [0.2, 0.25) is 5.91 Å². The first-order valence-electron chi connectivity index (χ1n) is 5.64. The van der Waals surface area contributed by atoms with Gasteiger partial charge < -0.3 is 10.6 Å². The third-order valence-corrected chi connectivity index (χ3v) is 3.06. The van der Waals surface area contributed by atoms with E-state index in [0.29, 0.717) is 18.0 Å². The molecule has 6 heteroatoms. The van der Waals surface area contributed by atoms with Crippen molar-refractivity contribution in [2.75, 3.05) is 30.4 Å². The molecule has 1 rings (SSSR count). The molecule has 1 aromatic carbocycles. The average Bonchev–Trinajstić information content (AvgIpc) is 2.31. The summed E-state index contributed by atoms with van der Waals surface area (Å²) in [4.78, 5) is 11.5. The number of nitrogens with one attached hydrogen (secondary N) is 2. The van der Waals surface area contributed by atoms with Crippen LogP contribution in [-0.4, -0.2) is 35.2 Å². The number of carbonyl (C=O) groups is 1. The number of hydrogen-bond acceptors (Lipinski definition) is 3. The van der Waals surface area contributed by atoms with E-state index in [2.05, 4.69) is 10.6 Å². The smallest absolute Gasteiger partial charge is 0.238 e. The van der Waals surface area contributed by atoms with Crippen molar-refractivity contribution in [2.45, 2.75) is 6.42 Å². The lowest BCUT2D eigenvalue weighted by Crippen LogP contribution is -2.29. The van der Waals surface area contributed by atoms with Crippen molar-refractivity contribution in [1.82, 2.24) is 5.32 Å². The van der Waals surface area contributed by atoms with E-state index in [9.17, 15) is 13.4 Å². The zero-order valence-corrected chi connectivity index (χ0v) is 11.1.